The van der Waals surface area contributed by atoms with Gasteiger partial charge in [0, 0.05) is 19.4 Å². The first-order valence-electron chi connectivity index (χ1n) is 33.4. The van der Waals surface area contributed by atoms with Gasteiger partial charge in [0.25, 0.3) is 0 Å². The second-order valence-electron chi connectivity index (χ2n) is 24.7. The molecule has 8 atom stereocenters. The molecule has 0 unspecified atom stereocenters. The van der Waals surface area contributed by atoms with E-state index in [0.717, 1.165) is 19.3 Å². The molecule has 1 fully saturated rings. The van der Waals surface area contributed by atoms with Gasteiger partial charge in [-0.1, -0.05) is 129 Å². The summed E-state index contributed by atoms with van der Waals surface area (Å²) in [7, 11) is 0. The molecule has 1 aliphatic rings. The number of nitrogens with two attached hydrogens (primary N) is 4. The van der Waals surface area contributed by atoms with Crippen LogP contribution in [0.4, 0.5) is 0 Å². The monoisotopic (exact) mass is 1220 g/mol. The highest BCUT2D eigenvalue weighted by atomic mass is 16.2. The highest BCUT2D eigenvalue weighted by molar-refractivity contribution is 5.98. The molecule has 9 amide bonds. The van der Waals surface area contributed by atoms with Gasteiger partial charge in [0.1, 0.15) is 48.3 Å². The van der Waals surface area contributed by atoms with Crippen LogP contribution in [0.15, 0.2) is 30.3 Å². The molecule has 22 heteroatoms. The van der Waals surface area contributed by atoms with Gasteiger partial charge in [-0.05, 0) is 159 Å². The standard InChI is InChI=1S/C65H117N13O9/c1-6-7-8-9-10-11-12-13-14-15-19-37-57(79)71-49(32-20-25-38-66)59(81)72-53-36-24-29-42-70-58(80)54(43-46(2)3)76-62(84)51(34-22-27-40-68)73-60(82)50(33-21-26-39-67)75-65(87)56(45-48-30-17-16-18-31-48)78-64(86)55(44-47(4)5)77-63(85)52(74-61(53)83)35-23-28-41-69/h16-18,30-31,46-47,49-56H,6-15,19-29,32-45,66-69H2,1-5H3,(H,70,80)(H,71,79)(H,72,81)(H,73,82)(H,74,83)(H,75,87)(H,76,84)(H,77,85)(H,78,86)/t49-,50+,51+,52+,53+,54+,55+,56-/m1/s1. The fourth-order valence-electron chi connectivity index (χ4n) is 10.7. The first kappa shape index (κ1) is 77.4. The number of benzene rings is 1. The van der Waals surface area contributed by atoms with Crippen LogP contribution in [0.2, 0.25) is 0 Å². The molecule has 0 bridgehead atoms. The molecule has 0 saturated carbocycles. The van der Waals surface area contributed by atoms with E-state index >= 15 is 0 Å². The van der Waals surface area contributed by atoms with Crippen LogP contribution < -0.4 is 70.8 Å². The van der Waals surface area contributed by atoms with Crippen molar-refractivity contribution in [3.63, 3.8) is 0 Å². The Kier molecular flexibility index (Phi) is 42.1. The maximum absolute atomic E-state index is 14.7. The average Bonchev–Trinajstić information content (AvgIpc) is 3.08. The Balaban J connectivity index is 2.67. The molecule has 0 aromatic heterocycles. The summed E-state index contributed by atoms with van der Waals surface area (Å²) >= 11 is 0. The molecule has 1 heterocycles. The lowest BCUT2D eigenvalue weighted by Gasteiger charge is -2.29. The molecule has 1 saturated heterocycles. The highest BCUT2D eigenvalue weighted by Crippen LogP contribution is 2.16. The molecule has 2 rings (SSSR count). The summed E-state index contributed by atoms with van der Waals surface area (Å²) in [4.78, 5) is 129. The van der Waals surface area contributed by atoms with Crippen molar-refractivity contribution in [3.05, 3.63) is 35.9 Å². The Morgan fingerprint density at radius 1 is 0.483 bits per heavy atom. The lowest BCUT2D eigenvalue weighted by Crippen LogP contribution is -2.60. The molecule has 1 aliphatic heterocycles. The quantitative estimate of drug-likeness (QED) is 0.0402. The topological polar surface area (TPSA) is 366 Å². The molecule has 87 heavy (non-hydrogen) atoms. The summed E-state index contributed by atoms with van der Waals surface area (Å²) in [6.45, 7) is 11.3. The summed E-state index contributed by atoms with van der Waals surface area (Å²) in [6, 6.07) is -0.131. The Morgan fingerprint density at radius 3 is 1.38 bits per heavy atom. The molecule has 0 aliphatic carbocycles. The number of unbranched alkanes of at least 4 members (excludes halogenated alkanes) is 14. The van der Waals surface area contributed by atoms with Crippen LogP contribution in [-0.4, -0.2) is 134 Å². The number of nitrogens with one attached hydrogen (secondary N) is 9. The minimum Gasteiger partial charge on any atom is -0.354 e. The van der Waals surface area contributed by atoms with Crippen molar-refractivity contribution < 1.29 is 43.2 Å². The van der Waals surface area contributed by atoms with Gasteiger partial charge < -0.3 is 70.8 Å². The molecule has 0 radical (unpaired) electrons. The van der Waals surface area contributed by atoms with E-state index < -0.39 is 95.6 Å². The van der Waals surface area contributed by atoms with Crippen molar-refractivity contribution in [1.29, 1.82) is 0 Å². The summed E-state index contributed by atoms with van der Waals surface area (Å²) in [5.74, 6) is -5.43. The van der Waals surface area contributed by atoms with Gasteiger partial charge in [-0.2, -0.15) is 0 Å². The predicted molar refractivity (Wildman–Crippen MR) is 344 cm³/mol. The van der Waals surface area contributed by atoms with E-state index in [9.17, 15) is 43.2 Å². The van der Waals surface area contributed by atoms with Gasteiger partial charge in [0.05, 0.1) is 0 Å². The Morgan fingerprint density at radius 2 is 0.897 bits per heavy atom. The number of rotatable bonds is 37. The lowest BCUT2D eigenvalue weighted by atomic mass is 9.99. The van der Waals surface area contributed by atoms with Crippen LogP contribution in [0.25, 0.3) is 0 Å². The molecular weight excluding hydrogens is 1110 g/mol. The van der Waals surface area contributed by atoms with E-state index in [1.54, 1.807) is 24.3 Å². The van der Waals surface area contributed by atoms with Crippen LogP contribution in [0.5, 0.6) is 0 Å². The van der Waals surface area contributed by atoms with Gasteiger partial charge in [-0.25, -0.2) is 0 Å². The van der Waals surface area contributed by atoms with E-state index in [4.69, 9.17) is 22.9 Å². The van der Waals surface area contributed by atoms with Crippen LogP contribution in [0, 0.1) is 11.8 Å². The average molecular weight is 1220 g/mol. The SMILES string of the molecule is CCCCCCCCCCCCCC(=O)N[C@H](CCCCN)C(=O)N[C@H]1CCCCNC(=O)[C@H](CC(C)C)NC(=O)[C@H](CCCCN)NC(=O)[C@H](CCCCN)NC(=O)[C@@H](Cc2ccccc2)NC(=O)[C@H](CC(C)C)NC(=O)[C@H](CCCCN)NC1=O. The number of amides is 9. The van der Waals surface area contributed by atoms with E-state index in [-0.39, 0.29) is 82.1 Å². The summed E-state index contributed by atoms with van der Waals surface area (Å²) in [5.41, 5.74) is 24.2. The minimum atomic E-state index is -1.26. The third kappa shape index (κ3) is 34.6. The Bertz CT molecular complexity index is 2140. The third-order valence-electron chi connectivity index (χ3n) is 15.8. The van der Waals surface area contributed by atoms with E-state index in [1.807, 2.05) is 33.8 Å². The molecular formula is C65H117N13O9. The van der Waals surface area contributed by atoms with E-state index in [1.165, 1.54) is 44.9 Å². The Hall–Kier alpha value is -5.71. The first-order valence-corrected chi connectivity index (χ1v) is 33.4. The number of hydrogen-bond donors (Lipinski definition) is 13. The molecule has 496 valence electrons. The predicted octanol–water partition coefficient (Wildman–Crippen LogP) is 4.72. The number of carbonyl (C=O) groups is 9. The van der Waals surface area contributed by atoms with Crippen molar-refractivity contribution >= 4 is 53.2 Å². The fourth-order valence-corrected chi connectivity index (χ4v) is 10.7. The van der Waals surface area contributed by atoms with Crippen LogP contribution in [0.3, 0.4) is 0 Å². The third-order valence-corrected chi connectivity index (χ3v) is 15.8. The molecule has 1 aromatic rings. The van der Waals surface area contributed by atoms with Gasteiger partial charge >= 0.3 is 0 Å². The smallest absolute Gasteiger partial charge is 0.243 e. The van der Waals surface area contributed by atoms with Gasteiger partial charge in [0.2, 0.25) is 53.2 Å². The van der Waals surface area contributed by atoms with E-state index in [2.05, 4.69) is 54.8 Å². The van der Waals surface area contributed by atoms with Crippen LogP contribution in [0.1, 0.15) is 226 Å². The zero-order valence-corrected chi connectivity index (χ0v) is 53.9. The summed E-state index contributed by atoms with van der Waals surface area (Å²) in [5, 5.41) is 26.1. The zero-order chi connectivity index (χ0) is 64.2. The summed E-state index contributed by atoms with van der Waals surface area (Å²) < 4.78 is 0. The van der Waals surface area contributed by atoms with Gasteiger partial charge in [0.15, 0.2) is 0 Å². The van der Waals surface area contributed by atoms with Crippen molar-refractivity contribution in [2.45, 2.75) is 276 Å². The van der Waals surface area contributed by atoms with Crippen molar-refractivity contribution in [1.82, 2.24) is 47.9 Å². The largest absolute Gasteiger partial charge is 0.354 e. The van der Waals surface area contributed by atoms with Crippen molar-refractivity contribution in [2.24, 2.45) is 34.8 Å². The van der Waals surface area contributed by atoms with Gasteiger partial charge in [-0.15, -0.1) is 0 Å². The molecule has 17 N–H and O–H groups in total. The van der Waals surface area contributed by atoms with Crippen LogP contribution >= 0.6 is 0 Å². The van der Waals surface area contributed by atoms with Crippen molar-refractivity contribution in [2.75, 3.05) is 32.7 Å². The van der Waals surface area contributed by atoms with E-state index in [0.29, 0.717) is 102 Å². The molecule has 0 spiro atoms. The van der Waals surface area contributed by atoms with Crippen molar-refractivity contribution in [3.8, 4) is 0 Å². The first-order chi connectivity index (χ1) is 41.9. The van der Waals surface area contributed by atoms with Gasteiger partial charge in [-0.3, -0.25) is 43.2 Å². The fraction of sp³-hybridized carbons (Fsp3) is 0.769. The number of carbonyl (C=O) groups excluding carboxylic acids is 9. The maximum atomic E-state index is 14.7. The lowest BCUT2D eigenvalue weighted by molar-refractivity contribution is -0.136. The number of hydrogen-bond acceptors (Lipinski definition) is 13. The Labute approximate surface area is 521 Å². The highest BCUT2D eigenvalue weighted by Gasteiger charge is 2.35. The minimum absolute atomic E-state index is 0.00313. The maximum Gasteiger partial charge on any atom is 0.243 e. The zero-order valence-electron chi connectivity index (χ0n) is 53.9. The molecule has 22 nitrogen and oxygen atoms in total. The normalized spacial score (nSPS) is 21.3. The molecule has 1 aromatic carbocycles. The summed E-state index contributed by atoms with van der Waals surface area (Å²) in [6.07, 6.45) is 18.6. The second-order valence-corrected chi connectivity index (χ2v) is 24.7. The second kappa shape index (κ2) is 47.3. The van der Waals surface area contributed by atoms with Crippen LogP contribution in [-0.2, 0) is 49.6 Å².